The molecule has 16 heavy (non-hydrogen) atoms. The van der Waals surface area contributed by atoms with E-state index in [2.05, 4.69) is 0 Å². The lowest BCUT2D eigenvalue weighted by atomic mass is 10.2. The van der Waals surface area contributed by atoms with Gasteiger partial charge in [0.15, 0.2) is 6.20 Å². The molecule has 0 spiro atoms. The summed E-state index contributed by atoms with van der Waals surface area (Å²) in [6.45, 7) is 2.71. The minimum absolute atomic E-state index is 0.0483. The van der Waals surface area contributed by atoms with E-state index in [1.807, 2.05) is 23.6 Å². The van der Waals surface area contributed by atoms with Crippen molar-refractivity contribution in [1.82, 2.24) is 0 Å². The lowest BCUT2D eigenvalue weighted by Crippen LogP contribution is -2.33. The minimum Gasteiger partial charge on any atom is -0.282 e. The van der Waals surface area contributed by atoms with Gasteiger partial charge in [0.05, 0.1) is 5.39 Å². The van der Waals surface area contributed by atoms with Gasteiger partial charge in [-0.1, -0.05) is 12.1 Å². The van der Waals surface area contributed by atoms with Crippen molar-refractivity contribution in [2.75, 3.05) is 0 Å². The lowest BCUT2D eigenvalue weighted by Gasteiger charge is -2.02. The maximum absolute atomic E-state index is 11.2. The van der Waals surface area contributed by atoms with Crippen LogP contribution in [0, 0.1) is 0 Å². The molecule has 0 aliphatic rings. The van der Waals surface area contributed by atoms with Crippen LogP contribution >= 0.6 is 0 Å². The zero-order valence-corrected chi connectivity index (χ0v) is 9.61. The van der Waals surface area contributed by atoms with E-state index in [1.54, 1.807) is 18.3 Å². The number of hydrogen-bond donors (Lipinski definition) is 1. The molecule has 84 valence electrons. The Balaban J connectivity index is 2.91. The Morgan fingerprint density at radius 3 is 2.56 bits per heavy atom. The van der Waals surface area contributed by atoms with Gasteiger partial charge in [0.25, 0.3) is 10.1 Å². The number of nitrogens with zero attached hydrogens (tertiary/aromatic N) is 1. The second-order valence-electron chi connectivity index (χ2n) is 3.46. The molecule has 0 radical (unpaired) electrons. The Hall–Kier alpha value is -1.46. The van der Waals surface area contributed by atoms with Crippen LogP contribution in [-0.4, -0.2) is 13.0 Å². The molecule has 5 heteroatoms. The van der Waals surface area contributed by atoms with Crippen molar-refractivity contribution < 1.29 is 17.5 Å². The molecule has 0 unspecified atom stereocenters. The third kappa shape index (κ3) is 1.79. The predicted molar refractivity (Wildman–Crippen MR) is 59.6 cm³/mol. The number of para-hydroxylation sites is 1. The molecule has 0 bridgehead atoms. The smallest absolute Gasteiger partial charge is 0.282 e. The summed E-state index contributed by atoms with van der Waals surface area (Å²) < 4.78 is 33.4. The number of benzene rings is 1. The summed E-state index contributed by atoms with van der Waals surface area (Å²) in [6.07, 6.45) is 1.66. The molecule has 0 fully saturated rings. The van der Waals surface area contributed by atoms with Gasteiger partial charge in [-0.25, -0.2) is 0 Å². The Morgan fingerprint density at radius 1 is 1.25 bits per heavy atom. The highest BCUT2D eigenvalue weighted by Gasteiger charge is 2.18. The van der Waals surface area contributed by atoms with E-state index in [9.17, 15) is 8.42 Å². The quantitative estimate of drug-likeness (QED) is 0.635. The monoisotopic (exact) mass is 238 g/mol. The SMILES string of the molecule is CC[n+]1ccc(S(=O)(=O)O)c2ccccc21. The maximum atomic E-state index is 11.2. The summed E-state index contributed by atoms with van der Waals surface area (Å²) in [5.74, 6) is 0. The fraction of sp³-hybridized carbons (Fsp3) is 0.182. The largest absolute Gasteiger partial charge is 0.295 e. The van der Waals surface area contributed by atoms with Crippen LogP contribution in [0.25, 0.3) is 10.9 Å². The second kappa shape index (κ2) is 3.84. The Kier molecular flexibility index (Phi) is 2.65. The van der Waals surface area contributed by atoms with Crippen molar-refractivity contribution in [2.24, 2.45) is 0 Å². The van der Waals surface area contributed by atoms with Crippen molar-refractivity contribution in [1.29, 1.82) is 0 Å². The molecular weight excluding hydrogens is 226 g/mol. The zero-order valence-electron chi connectivity index (χ0n) is 8.79. The summed E-state index contributed by atoms with van der Waals surface area (Å²) >= 11 is 0. The molecule has 0 aliphatic carbocycles. The average Bonchev–Trinajstić information content (AvgIpc) is 2.26. The van der Waals surface area contributed by atoms with Crippen molar-refractivity contribution in [2.45, 2.75) is 18.4 Å². The van der Waals surface area contributed by atoms with E-state index in [1.165, 1.54) is 6.07 Å². The molecule has 0 atom stereocenters. The van der Waals surface area contributed by atoms with Gasteiger partial charge < -0.3 is 0 Å². The molecular formula is C11H12NO3S+. The first-order valence-corrected chi connectivity index (χ1v) is 6.36. The number of aromatic nitrogens is 1. The van der Waals surface area contributed by atoms with E-state index in [-0.39, 0.29) is 4.90 Å². The molecule has 1 aromatic carbocycles. The van der Waals surface area contributed by atoms with Gasteiger partial charge in [0.2, 0.25) is 5.52 Å². The van der Waals surface area contributed by atoms with Crippen LogP contribution in [0.2, 0.25) is 0 Å². The highest BCUT2D eigenvalue weighted by molar-refractivity contribution is 7.86. The van der Waals surface area contributed by atoms with E-state index in [0.29, 0.717) is 5.39 Å². The van der Waals surface area contributed by atoms with Gasteiger partial charge >= 0.3 is 0 Å². The summed E-state index contributed by atoms with van der Waals surface area (Å²) in [5.41, 5.74) is 0.792. The number of hydrogen-bond acceptors (Lipinski definition) is 2. The third-order valence-corrected chi connectivity index (χ3v) is 3.42. The van der Waals surface area contributed by atoms with Crippen molar-refractivity contribution in [3.63, 3.8) is 0 Å². The molecule has 1 heterocycles. The van der Waals surface area contributed by atoms with Gasteiger partial charge in [-0.05, 0) is 13.0 Å². The van der Waals surface area contributed by atoms with Crippen LogP contribution in [-0.2, 0) is 16.7 Å². The van der Waals surface area contributed by atoms with Gasteiger partial charge in [0.1, 0.15) is 11.4 Å². The zero-order chi connectivity index (χ0) is 11.8. The molecule has 2 aromatic rings. The van der Waals surface area contributed by atoms with E-state index in [4.69, 9.17) is 4.55 Å². The third-order valence-electron chi connectivity index (χ3n) is 2.50. The Morgan fingerprint density at radius 2 is 1.94 bits per heavy atom. The molecule has 0 amide bonds. The fourth-order valence-corrected chi connectivity index (χ4v) is 2.44. The van der Waals surface area contributed by atoms with Gasteiger partial charge in [-0.15, -0.1) is 0 Å². The maximum Gasteiger partial charge on any atom is 0.295 e. The average molecular weight is 238 g/mol. The van der Waals surface area contributed by atoms with Gasteiger partial charge in [-0.3, -0.25) is 4.55 Å². The molecule has 1 N–H and O–H groups in total. The summed E-state index contributed by atoms with van der Waals surface area (Å²) in [6, 6.07) is 8.51. The van der Waals surface area contributed by atoms with Gasteiger partial charge in [-0.2, -0.15) is 13.0 Å². The van der Waals surface area contributed by atoms with Crippen molar-refractivity contribution in [3.8, 4) is 0 Å². The van der Waals surface area contributed by atoms with Crippen LogP contribution in [0.5, 0.6) is 0 Å². The number of pyridine rings is 1. The van der Waals surface area contributed by atoms with Gasteiger partial charge in [0, 0.05) is 12.1 Å². The topological polar surface area (TPSA) is 58.2 Å². The molecule has 0 saturated heterocycles. The summed E-state index contributed by atoms with van der Waals surface area (Å²) in [5, 5.41) is 0.536. The van der Waals surface area contributed by atoms with Crippen LogP contribution < -0.4 is 4.57 Å². The van der Waals surface area contributed by atoms with E-state index >= 15 is 0 Å². The number of rotatable bonds is 2. The molecule has 0 saturated carbocycles. The molecule has 4 nitrogen and oxygen atoms in total. The summed E-state index contributed by atoms with van der Waals surface area (Å²) in [4.78, 5) is -0.0483. The van der Waals surface area contributed by atoms with E-state index in [0.717, 1.165) is 12.1 Å². The van der Waals surface area contributed by atoms with Crippen LogP contribution in [0.3, 0.4) is 0 Å². The highest BCUT2D eigenvalue weighted by atomic mass is 32.2. The van der Waals surface area contributed by atoms with Crippen LogP contribution in [0.1, 0.15) is 6.92 Å². The van der Waals surface area contributed by atoms with E-state index < -0.39 is 10.1 Å². The van der Waals surface area contributed by atoms with Crippen molar-refractivity contribution in [3.05, 3.63) is 36.5 Å². The number of aryl methyl sites for hydroxylation is 1. The summed E-state index contributed by atoms with van der Waals surface area (Å²) in [7, 11) is -4.17. The Labute approximate surface area is 93.9 Å². The van der Waals surface area contributed by atoms with Crippen molar-refractivity contribution >= 4 is 21.0 Å². The second-order valence-corrected chi connectivity index (χ2v) is 4.85. The Bertz CT molecular complexity index is 635. The van der Waals surface area contributed by atoms with Crippen LogP contribution in [0.4, 0.5) is 0 Å². The van der Waals surface area contributed by atoms with Crippen LogP contribution in [0.15, 0.2) is 41.4 Å². The first-order chi connectivity index (χ1) is 7.54. The standard InChI is InChI=1S/C11H11NO3S/c1-2-12-8-7-11(16(13,14)15)9-5-3-4-6-10(9)12/h3-8H,2H2,1H3/p+1. The lowest BCUT2D eigenvalue weighted by molar-refractivity contribution is -0.668. The minimum atomic E-state index is -4.17. The highest BCUT2D eigenvalue weighted by Crippen LogP contribution is 2.19. The molecule has 1 aromatic heterocycles. The molecule has 2 rings (SSSR count). The first-order valence-electron chi connectivity index (χ1n) is 4.92. The first kappa shape index (κ1) is 11.0. The molecule has 0 aliphatic heterocycles. The predicted octanol–water partition coefficient (Wildman–Crippen LogP) is 1.39. The fourth-order valence-electron chi connectivity index (χ4n) is 1.76. The normalized spacial score (nSPS) is 11.9. The number of fused-ring (bicyclic) bond motifs is 1.